The fourth-order valence-corrected chi connectivity index (χ4v) is 12.0. The Balaban J connectivity index is 0.000000292. The average molecular weight is 1430 g/mol. The number of carbonyl (C=O) groups is 6. The van der Waals surface area contributed by atoms with Gasteiger partial charge in [-0.25, -0.2) is 19.2 Å². The Morgan fingerprint density at radius 1 is 0.333 bits per heavy atom. The second-order valence-electron chi connectivity index (χ2n) is 28.3. The summed E-state index contributed by atoms with van der Waals surface area (Å²) >= 11 is 0. The van der Waals surface area contributed by atoms with E-state index in [1.807, 2.05) is 130 Å². The fraction of sp³-hybridized carbons (Fsp3) is 0.302. The number of carboxylic acids is 2. The lowest BCUT2D eigenvalue weighted by molar-refractivity contribution is -0.158. The maximum absolute atomic E-state index is 11.9. The van der Waals surface area contributed by atoms with Crippen LogP contribution in [0.15, 0.2) is 140 Å². The summed E-state index contributed by atoms with van der Waals surface area (Å²) in [5, 5.41) is 71.2. The summed E-state index contributed by atoms with van der Waals surface area (Å²) in [4.78, 5) is 70.6. The Morgan fingerprint density at radius 2 is 0.619 bits per heavy atom. The van der Waals surface area contributed by atoms with Crippen molar-refractivity contribution in [1.82, 2.24) is 0 Å². The van der Waals surface area contributed by atoms with Gasteiger partial charge in [-0.05, 0) is 290 Å². The van der Waals surface area contributed by atoms with Crippen LogP contribution in [0, 0.1) is 69.2 Å². The summed E-state index contributed by atoms with van der Waals surface area (Å²) in [5.41, 5.74) is 15.4. The van der Waals surface area contributed by atoms with Crippen LogP contribution in [0.5, 0.6) is 51.7 Å². The zero-order valence-corrected chi connectivity index (χ0v) is 62.4. The molecule has 0 fully saturated rings. The number of phenols is 5. The molecule has 9 rings (SSSR count). The van der Waals surface area contributed by atoms with E-state index in [0.29, 0.717) is 87.2 Å². The number of benzene rings is 9. The number of aryl methyl sites for hydroxylation is 10. The van der Waals surface area contributed by atoms with Crippen LogP contribution in [-0.2, 0) is 41.5 Å². The number of carbonyl (C=O) groups excluding carboxylic acids is 4. The van der Waals surface area contributed by atoms with Crippen LogP contribution in [0.25, 0.3) is 0 Å². The van der Waals surface area contributed by atoms with Gasteiger partial charge in [0.1, 0.15) is 62.9 Å². The molecule has 105 heavy (non-hydrogen) atoms. The van der Waals surface area contributed by atoms with Crippen LogP contribution in [0.3, 0.4) is 0 Å². The lowest BCUT2D eigenvalue weighted by atomic mass is 9.78. The van der Waals surface area contributed by atoms with Crippen LogP contribution < -0.4 is 18.9 Å². The highest BCUT2D eigenvalue weighted by Gasteiger charge is 2.30. The van der Waals surface area contributed by atoms with Gasteiger partial charge in [0.25, 0.3) is 0 Å². The van der Waals surface area contributed by atoms with Gasteiger partial charge in [0.05, 0.1) is 11.1 Å². The summed E-state index contributed by atoms with van der Waals surface area (Å²) in [6, 6.07) is 41.6. The number of hydrogen-bond donors (Lipinski definition) is 7. The zero-order valence-electron chi connectivity index (χ0n) is 62.4. The van der Waals surface area contributed by atoms with Gasteiger partial charge in [0.2, 0.25) is 0 Å². The maximum atomic E-state index is 11.9. The maximum Gasteiger partial charge on any atom is 0.344 e. The number of aldehydes is 2. The third-order valence-corrected chi connectivity index (χ3v) is 17.2. The molecule has 7 N–H and O–H groups in total. The molecule has 0 unspecified atom stereocenters. The zero-order chi connectivity index (χ0) is 77.5. The van der Waals surface area contributed by atoms with Crippen molar-refractivity contribution in [2.24, 2.45) is 0 Å². The molecule has 19 nitrogen and oxygen atoms in total. The van der Waals surface area contributed by atoms with E-state index >= 15 is 0 Å². The molecule has 0 amide bonds. The van der Waals surface area contributed by atoms with E-state index in [4.69, 9.17) is 33.5 Å². The molecule has 0 spiro atoms. The second kappa shape index (κ2) is 35.1. The number of esters is 2. The number of aliphatic carboxylic acids is 2. The van der Waals surface area contributed by atoms with Crippen LogP contribution in [0.2, 0.25) is 0 Å². The molecule has 0 aliphatic heterocycles. The third kappa shape index (κ3) is 22.4. The Bertz CT molecular complexity index is 4320. The first-order valence-corrected chi connectivity index (χ1v) is 34.1. The van der Waals surface area contributed by atoms with Crippen LogP contribution in [-0.4, -0.2) is 110 Å². The molecule has 0 saturated carbocycles. The normalized spacial score (nSPS) is 11.2. The van der Waals surface area contributed by atoms with Crippen molar-refractivity contribution >= 4 is 36.4 Å². The average Bonchev–Trinajstić information content (AvgIpc) is 0.797. The van der Waals surface area contributed by atoms with Crippen molar-refractivity contribution in [2.45, 2.75) is 147 Å². The highest BCUT2D eigenvalue weighted by atomic mass is 16.6. The summed E-state index contributed by atoms with van der Waals surface area (Å²) in [7, 11) is 0. The van der Waals surface area contributed by atoms with Crippen molar-refractivity contribution < 1.29 is 92.9 Å². The van der Waals surface area contributed by atoms with Gasteiger partial charge in [0.15, 0.2) is 39.0 Å². The minimum Gasteiger partial charge on any atom is -0.508 e. The largest absolute Gasteiger partial charge is 0.508 e. The lowest BCUT2D eigenvalue weighted by Gasteiger charge is -2.27. The molecule has 0 aliphatic rings. The predicted octanol–water partition coefficient (Wildman–Crippen LogP) is 16.2. The molecular formula is C86H94O19. The molecule has 19 heteroatoms. The number of carboxylic acid groups (broad SMARTS) is 2. The van der Waals surface area contributed by atoms with Crippen molar-refractivity contribution in [2.75, 3.05) is 26.4 Å². The lowest BCUT2D eigenvalue weighted by Crippen LogP contribution is -2.27. The summed E-state index contributed by atoms with van der Waals surface area (Å²) in [6.07, 6.45) is 2.12. The van der Waals surface area contributed by atoms with Gasteiger partial charge in [0, 0.05) is 23.0 Å². The molecule has 9 aromatic rings. The van der Waals surface area contributed by atoms with Crippen molar-refractivity contribution in [3.63, 3.8) is 0 Å². The summed E-state index contributed by atoms with van der Waals surface area (Å²) in [5.74, 6) is -2.10. The molecule has 0 radical (unpaired) electrons. The molecule has 0 atom stereocenters. The van der Waals surface area contributed by atoms with Crippen molar-refractivity contribution in [3.05, 3.63) is 262 Å². The van der Waals surface area contributed by atoms with E-state index in [2.05, 4.69) is 0 Å². The number of phenolic OH excluding ortho intramolecular Hbond substituents is 5. The van der Waals surface area contributed by atoms with Crippen LogP contribution in [0.1, 0.15) is 185 Å². The number of ether oxygens (including phenoxy) is 6. The van der Waals surface area contributed by atoms with Crippen molar-refractivity contribution in [1.29, 1.82) is 0 Å². The van der Waals surface area contributed by atoms with Crippen LogP contribution in [0.4, 0.5) is 0 Å². The van der Waals surface area contributed by atoms with Gasteiger partial charge in [-0.15, -0.1) is 0 Å². The molecule has 0 heterocycles. The van der Waals surface area contributed by atoms with E-state index in [-0.39, 0.29) is 47.7 Å². The van der Waals surface area contributed by atoms with Gasteiger partial charge in [-0.1, -0.05) is 72.8 Å². The first-order valence-electron chi connectivity index (χ1n) is 34.1. The van der Waals surface area contributed by atoms with Crippen molar-refractivity contribution in [3.8, 4) is 51.7 Å². The standard InChI is InChI=1S/C51H52O10.C27H32O8.C8H10O/c1-26-17-42(52)30(5)13-36(26)50(37-14-31(6)43(53)18-27(37)2)40-22-34(9-11-46(40)60-24-48(56)57)21-35-10-12-47(61-25-49(58)59)41(23-35)51(38-15-32(7)44(54)19-28(38)3)39-16-33(8)45(55)20-29(39)4;1-26(2,3)34-24(30)16-32-22-9-7-18(12-20(22)14-28)11-19-8-10-23(21(13-19)15-29)33-17-25(31)35-27(4,5)6;1-6-3-4-7(2)8(9)5-6/h9-20,22-23,50-55H,21,24-25H2,1-8H3,(H,56,57)(H,58,59);7-10,12-15H,11,16-17H2,1-6H3;3-5,9H,1-2H3. The quantitative estimate of drug-likeness (QED) is 0.0168. The van der Waals surface area contributed by atoms with Gasteiger partial charge in [-0.3, -0.25) is 9.59 Å². The summed E-state index contributed by atoms with van der Waals surface area (Å²) in [6.45, 7) is 27.5. The second-order valence-corrected chi connectivity index (χ2v) is 28.3. The first kappa shape index (κ1) is 80.7. The third-order valence-electron chi connectivity index (χ3n) is 17.2. The molecule has 0 aromatic heterocycles. The highest BCUT2D eigenvalue weighted by Crippen LogP contribution is 2.46. The Morgan fingerprint density at radius 3 is 0.895 bits per heavy atom. The smallest absolute Gasteiger partial charge is 0.344 e. The van der Waals surface area contributed by atoms with Gasteiger partial charge < -0.3 is 64.2 Å². The van der Waals surface area contributed by atoms with E-state index in [9.17, 15) is 59.4 Å². The van der Waals surface area contributed by atoms with E-state index in [0.717, 1.165) is 77.9 Å². The first-order chi connectivity index (χ1) is 49.3. The SMILES string of the molecule is CC(C)(C)OC(=O)COc1ccc(Cc2ccc(OCC(=O)OC(C)(C)C)c(C=O)c2)cc1C=O.Cc1cc(C(c2cc(C)c(O)cc2C)c2cc(Cc3ccc(OCC(=O)O)c(C(c4cc(C)c(O)cc4C)c4cc(C)c(O)cc4C)c3)ccc2OCC(=O)O)c(C)cc1O.Cc1ccc(C)c(O)c1. The molecule has 0 aliphatic carbocycles. The molecule has 9 aromatic carbocycles. The number of aromatic hydroxyl groups is 5. The van der Waals surface area contributed by atoms with E-state index < -0.39 is 60.1 Å². The summed E-state index contributed by atoms with van der Waals surface area (Å²) < 4.78 is 33.3. The Kier molecular flexibility index (Phi) is 26.9. The van der Waals surface area contributed by atoms with E-state index in [1.54, 1.807) is 120 Å². The number of hydrogen-bond acceptors (Lipinski definition) is 17. The Labute approximate surface area is 613 Å². The predicted molar refractivity (Wildman–Crippen MR) is 401 cm³/mol. The van der Waals surface area contributed by atoms with Crippen LogP contribution >= 0.6 is 0 Å². The molecule has 552 valence electrons. The van der Waals surface area contributed by atoms with E-state index in [1.165, 1.54) is 0 Å². The minimum absolute atomic E-state index is 0.148. The monoisotopic (exact) mass is 1430 g/mol. The minimum atomic E-state index is -1.13. The Hall–Kier alpha value is -11.6. The topological polar surface area (TPSA) is 299 Å². The highest BCUT2D eigenvalue weighted by molar-refractivity contribution is 5.82. The molecular weight excluding hydrogens is 1340 g/mol. The molecule has 0 bridgehead atoms. The number of rotatable bonds is 24. The van der Waals surface area contributed by atoms with Gasteiger partial charge >= 0.3 is 23.9 Å². The molecule has 0 saturated heterocycles. The van der Waals surface area contributed by atoms with Gasteiger partial charge in [-0.2, -0.15) is 0 Å². The fourth-order valence-electron chi connectivity index (χ4n) is 12.0.